The van der Waals surface area contributed by atoms with Crippen LogP contribution in [0.15, 0.2) is 72.8 Å². The number of ether oxygens (including phenoxy) is 2. The monoisotopic (exact) mass is 391 g/mol. The largest absolute Gasteiger partial charge is 0.490 e. The van der Waals surface area contributed by atoms with Crippen LogP contribution in [-0.2, 0) is 0 Å². The second-order valence-electron chi connectivity index (χ2n) is 6.08. The van der Waals surface area contributed by atoms with Crippen molar-refractivity contribution in [2.24, 2.45) is 0 Å². The maximum absolute atomic E-state index is 12.4. The second-order valence-corrected chi connectivity index (χ2v) is 6.08. The lowest BCUT2D eigenvalue weighted by Gasteiger charge is -2.08. The van der Waals surface area contributed by atoms with Crippen molar-refractivity contribution < 1.29 is 24.0 Å². The number of rotatable bonds is 8. The molecule has 3 rings (SSSR count). The van der Waals surface area contributed by atoms with Crippen LogP contribution in [-0.4, -0.2) is 30.2 Å². The third-order valence-corrected chi connectivity index (χ3v) is 4.22. The van der Waals surface area contributed by atoms with E-state index in [1.165, 1.54) is 19.2 Å². The molecule has 0 atom stereocenters. The Hall–Kier alpha value is -4.00. The van der Waals surface area contributed by atoms with Gasteiger partial charge < -0.3 is 9.47 Å². The Morgan fingerprint density at radius 1 is 0.897 bits per heavy atom. The van der Waals surface area contributed by atoms with Gasteiger partial charge in [0.05, 0.1) is 12.0 Å². The fourth-order valence-electron chi connectivity index (χ4n) is 2.70. The van der Waals surface area contributed by atoms with Crippen molar-refractivity contribution in [2.45, 2.75) is 0 Å². The predicted octanol–water partition coefficient (Wildman–Crippen LogP) is 4.10. The summed E-state index contributed by atoms with van der Waals surface area (Å²) in [5, 5.41) is 11.1. The van der Waals surface area contributed by atoms with Gasteiger partial charge in [-0.05, 0) is 36.4 Å². The summed E-state index contributed by atoms with van der Waals surface area (Å²) in [5.41, 5.74) is 0.939. The van der Waals surface area contributed by atoms with Crippen molar-refractivity contribution in [2.75, 3.05) is 13.7 Å². The first-order chi connectivity index (χ1) is 14.0. The third-order valence-electron chi connectivity index (χ3n) is 4.22. The van der Waals surface area contributed by atoms with E-state index in [0.29, 0.717) is 16.9 Å². The Morgan fingerprint density at radius 3 is 2.14 bits per heavy atom. The van der Waals surface area contributed by atoms with Gasteiger partial charge in [0.25, 0.3) is 0 Å². The first-order valence-electron chi connectivity index (χ1n) is 8.68. The van der Waals surface area contributed by atoms with E-state index in [-0.39, 0.29) is 29.4 Å². The molecule has 7 heteroatoms. The Balaban J connectivity index is 1.66. The average Bonchev–Trinajstić information content (AvgIpc) is 2.77. The molecule has 0 aromatic heterocycles. The van der Waals surface area contributed by atoms with E-state index in [9.17, 15) is 19.7 Å². The molecule has 0 radical (unpaired) electrons. The minimum absolute atomic E-state index is 0.0751. The number of nitro groups is 1. The summed E-state index contributed by atoms with van der Waals surface area (Å²) in [6.07, 6.45) is 0. The lowest BCUT2D eigenvalue weighted by molar-refractivity contribution is -0.385. The van der Waals surface area contributed by atoms with Crippen molar-refractivity contribution >= 4 is 17.3 Å². The quantitative estimate of drug-likeness (QED) is 0.326. The van der Waals surface area contributed by atoms with Gasteiger partial charge in [-0.2, -0.15) is 0 Å². The van der Waals surface area contributed by atoms with Gasteiger partial charge in [-0.15, -0.1) is 0 Å². The van der Waals surface area contributed by atoms with E-state index in [1.807, 2.05) is 6.07 Å². The highest BCUT2D eigenvalue weighted by Gasteiger charge is 2.18. The van der Waals surface area contributed by atoms with Crippen molar-refractivity contribution in [1.82, 2.24) is 0 Å². The number of ketones is 2. The number of benzene rings is 3. The van der Waals surface area contributed by atoms with E-state index in [4.69, 9.17) is 9.47 Å². The lowest BCUT2D eigenvalue weighted by Crippen LogP contribution is -2.12. The van der Waals surface area contributed by atoms with Gasteiger partial charge in [0.2, 0.25) is 0 Å². The van der Waals surface area contributed by atoms with Crippen LogP contribution in [0.3, 0.4) is 0 Å². The number of nitrogens with zero attached hydrogens (tertiary/aromatic N) is 1. The SMILES string of the molecule is COc1ccc(C(=O)COc2ccc(C(=O)c3ccccc3)cc2)cc1[N+](=O)[O-]. The van der Waals surface area contributed by atoms with Crippen molar-refractivity contribution in [3.63, 3.8) is 0 Å². The molecule has 7 nitrogen and oxygen atoms in total. The van der Waals surface area contributed by atoms with E-state index in [1.54, 1.807) is 48.5 Å². The number of methoxy groups -OCH3 is 1. The summed E-state index contributed by atoms with van der Waals surface area (Å²) < 4.78 is 10.4. The van der Waals surface area contributed by atoms with Gasteiger partial charge in [-0.1, -0.05) is 30.3 Å². The first kappa shape index (κ1) is 19.8. The highest BCUT2D eigenvalue weighted by atomic mass is 16.6. The molecule has 0 N–H and O–H groups in total. The number of carbonyl (C=O) groups excluding carboxylic acids is 2. The molecule has 3 aromatic carbocycles. The molecular weight excluding hydrogens is 374 g/mol. The lowest BCUT2D eigenvalue weighted by atomic mass is 10.0. The molecule has 0 amide bonds. The van der Waals surface area contributed by atoms with Crippen LogP contribution in [0.5, 0.6) is 11.5 Å². The Kier molecular flexibility index (Phi) is 5.99. The van der Waals surface area contributed by atoms with Gasteiger partial charge >= 0.3 is 5.69 Å². The summed E-state index contributed by atoms with van der Waals surface area (Å²) in [6.45, 7) is -0.296. The molecule has 0 aliphatic rings. The van der Waals surface area contributed by atoms with Gasteiger partial charge in [-0.25, -0.2) is 0 Å². The zero-order valence-corrected chi connectivity index (χ0v) is 15.5. The standard InChI is InChI=1S/C22H17NO6/c1-28-21-12-9-17(13-19(21)23(26)27)20(24)14-29-18-10-7-16(8-11-18)22(25)15-5-3-2-4-6-15/h2-13H,14H2,1H3. The van der Waals surface area contributed by atoms with E-state index in [2.05, 4.69) is 0 Å². The molecule has 0 fully saturated rings. The smallest absolute Gasteiger partial charge is 0.311 e. The molecular formula is C22H17NO6. The Morgan fingerprint density at radius 2 is 1.52 bits per heavy atom. The van der Waals surface area contributed by atoms with Crippen LogP contribution in [0, 0.1) is 10.1 Å². The number of hydrogen-bond donors (Lipinski definition) is 0. The van der Waals surface area contributed by atoms with Crippen LogP contribution in [0.1, 0.15) is 26.3 Å². The minimum atomic E-state index is -0.612. The second kappa shape index (κ2) is 8.79. The van der Waals surface area contributed by atoms with Crippen LogP contribution >= 0.6 is 0 Å². The average molecular weight is 391 g/mol. The number of nitro benzene ring substituents is 1. The van der Waals surface area contributed by atoms with Gasteiger partial charge in [0, 0.05) is 22.8 Å². The van der Waals surface area contributed by atoms with Crippen LogP contribution in [0.4, 0.5) is 5.69 Å². The number of Topliss-reactive ketones (excluding diaryl/α,β-unsaturated/α-hetero) is 1. The van der Waals surface area contributed by atoms with Gasteiger partial charge in [0.15, 0.2) is 23.9 Å². The zero-order valence-electron chi connectivity index (χ0n) is 15.5. The Bertz CT molecular complexity index is 1040. The fourth-order valence-corrected chi connectivity index (χ4v) is 2.70. The molecule has 0 aliphatic carbocycles. The molecule has 3 aromatic rings. The molecule has 0 saturated heterocycles. The molecule has 0 spiro atoms. The van der Waals surface area contributed by atoms with Crippen LogP contribution in [0.2, 0.25) is 0 Å². The topological polar surface area (TPSA) is 95.7 Å². The summed E-state index contributed by atoms with van der Waals surface area (Å²) in [7, 11) is 1.32. The number of carbonyl (C=O) groups is 2. The van der Waals surface area contributed by atoms with Crippen LogP contribution in [0.25, 0.3) is 0 Å². The maximum Gasteiger partial charge on any atom is 0.311 e. The third kappa shape index (κ3) is 4.65. The van der Waals surface area contributed by atoms with Gasteiger partial charge in [0.1, 0.15) is 5.75 Å². The molecule has 146 valence electrons. The zero-order chi connectivity index (χ0) is 20.8. The minimum Gasteiger partial charge on any atom is -0.490 e. The molecule has 0 heterocycles. The number of hydrogen-bond acceptors (Lipinski definition) is 6. The summed E-state index contributed by atoms with van der Waals surface area (Å²) in [4.78, 5) is 35.2. The summed E-state index contributed by atoms with van der Waals surface area (Å²) >= 11 is 0. The van der Waals surface area contributed by atoms with Crippen molar-refractivity contribution in [1.29, 1.82) is 0 Å². The van der Waals surface area contributed by atoms with Crippen molar-refractivity contribution in [3.05, 3.63) is 99.6 Å². The molecule has 0 bridgehead atoms. The maximum atomic E-state index is 12.4. The fraction of sp³-hybridized carbons (Fsp3) is 0.0909. The van der Waals surface area contributed by atoms with Crippen molar-refractivity contribution in [3.8, 4) is 11.5 Å². The molecule has 29 heavy (non-hydrogen) atoms. The molecule has 0 unspecified atom stereocenters. The normalized spacial score (nSPS) is 10.2. The van der Waals surface area contributed by atoms with E-state index in [0.717, 1.165) is 6.07 Å². The summed E-state index contributed by atoms with van der Waals surface area (Å²) in [6, 6.07) is 19.3. The predicted molar refractivity (Wildman–Crippen MR) is 106 cm³/mol. The highest BCUT2D eigenvalue weighted by molar-refractivity contribution is 6.09. The Labute approximate surface area is 166 Å². The summed E-state index contributed by atoms with van der Waals surface area (Å²) in [5.74, 6) is -0.0453. The molecule has 0 saturated carbocycles. The van der Waals surface area contributed by atoms with E-state index >= 15 is 0 Å². The first-order valence-corrected chi connectivity index (χ1v) is 8.68. The molecule has 0 aliphatic heterocycles. The van der Waals surface area contributed by atoms with Gasteiger partial charge in [-0.3, -0.25) is 19.7 Å². The highest BCUT2D eigenvalue weighted by Crippen LogP contribution is 2.27. The van der Waals surface area contributed by atoms with Crippen LogP contribution < -0.4 is 9.47 Å². The van der Waals surface area contributed by atoms with E-state index < -0.39 is 10.7 Å².